The Labute approximate surface area is 196 Å². The number of para-hydroxylation sites is 1. The first-order chi connectivity index (χ1) is 15.7. The number of nitrogens with zero attached hydrogens (tertiary/aromatic N) is 4. The fraction of sp³-hybridized carbons (Fsp3) is 0.136. The van der Waals surface area contributed by atoms with Crippen molar-refractivity contribution < 1.29 is 13.2 Å². The fourth-order valence-electron chi connectivity index (χ4n) is 3.00. The lowest BCUT2D eigenvalue weighted by Gasteiger charge is -2.11. The molecule has 1 aromatic carbocycles. The summed E-state index contributed by atoms with van der Waals surface area (Å²) in [5.74, 6) is 0.902. The molecule has 11 heteroatoms. The molecule has 0 radical (unpaired) electrons. The molecule has 3 heterocycles. The molecule has 0 amide bonds. The lowest BCUT2D eigenvalue weighted by Crippen LogP contribution is -2.14. The van der Waals surface area contributed by atoms with Gasteiger partial charge in [-0.15, -0.1) is 0 Å². The number of nitrogens with one attached hydrogen (secondary N) is 1. The number of anilines is 3. The predicted octanol–water partition coefficient (Wildman–Crippen LogP) is 4.16. The summed E-state index contributed by atoms with van der Waals surface area (Å²) in [6, 6.07) is 15.5. The summed E-state index contributed by atoms with van der Waals surface area (Å²) < 4.78 is 29.9. The zero-order valence-electron chi connectivity index (χ0n) is 18.2. The van der Waals surface area contributed by atoms with Gasteiger partial charge in [-0.05, 0) is 37.3 Å². The van der Waals surface area contributed by atoms with Crippen LogP contribution in [0.15, 0.2) is 65.7 Å². The average Bonchev–Trinajstić information content (AvgIpc) is 3.18. The van der Waals surface area contributed by atoms with Crippen molar-refractivity contribution in [1.29, 1.82) is 0 Å². The third-order valence-electron chi connectivity index (χ3n) is 4.50. The number of nitrogens with two attached hydrogens (primary N) is 1. The number of pyridine rings is 2. The Balaban J connectivity index is 1.66. The van der Waals surface area contributed by atoms with Gasteiger partial charge in [-0.2, -0.15) is 0 Å². The van der Waals surface area contributed by atoms with Crippen LogP contribution in [0.4, 0.5) is 16.6 Å². The maximum atomic E-state index is 11.9. The van der Waals surface area contributed by atoms with Gasteiger partial charge in [-0.1, -0.05) is 29.5 Å². The van der Waals surface area contributed by atoms with Gasteiger partial charge in [-0.25, -0.2) is 23.5 Å². The zero-order valence-corrected chi connectivity index (χ0v) is 19.8. The van der Waals surface area contributed by atoms with Crippen LogP contribution in [0.3, 0.4) is 0 Å². The molecule has 0 aliphatic heterocycles. The quantitative estimate of drug-likeness (QED) is 0.402. The molecule has 0 aliphatic carbocycles. The molecular formula is C22H22N6O3S2. The van der Waals surface area contributed by atoms with Crippen molar-refractivity contribution in [3.63, 3.8) is 0 Å². The highest BCUT2D eigenvalue weighted by molar-refractivity contribution is 7.89. The van der Waals surface area contributed by atoms with Crippen LogP contribution in [0.2, 0.25) is 0 Å². The number of ether oxygens (including phenoxy) is 1. The first-order valence-corrected chi connectivity index (χ1v) is 12.2. The number of hydrogen-bond acceptors (Lipinski definition) is 9. The maximum Gasteiger partial charge on any atom is 0.240 e. The van der Waals surface area contributed by atoms with Gasteiger partial charge in [0.2, 0.25) is 15.1 Å². The maximum absolute atomic E-state index is 11.9. The van der Waals surface area contributed by atoms with Crippen molar-refractivity contribution in [2.24, 2.45) is 5.14 Å². The molecule has 0 fully saturated rings. The summed E-state index contributed by atoms with van der Waals surface area (Å²) in [6.07, 6.45) is 1.57. The number of sulfonamides is 1. The second-order valence-corrected chi connectivity index (χ2v) is 9.81. The van der Waals surface area contributed by atoms with Crippen LogP contribution in [0.1, 0.15) is 5.69 Å². The first-order valence-electron chi connectivity index (χ1n) is 9.85. The lowest BCUT2D eigenvalue weighted by molar-refractivity contribution is 0.496. The third kappa shape index (κ3) is 5.28. The Morgan fingerprint density at radius 3 is 2.58 bits per heavy atom. The van der Waals surface area contributed by atoms with E-state index in [4.69, 9.17) is 14.9 Å². The van der Waals surface area contributed by atoms with E-state index in [1.54, 1.807) is 36.5 Å². The summed E-state index contributed by atoms with van der Waals surface area (Å²) in [5.41, 5.74) is 2.55. The summed E-state index contributed by atoms with van der Waals surface area (Å²) >= 11 is 1.39. The lowest BCUT2D eigenvalue weighted by atomic mass is 10.2. The number of benzene rings is 1. The molecular weight excluding hydrogens is 460 g/mol. The number of aromatic nitrogens is 3. The molecule has 0 bridgehead atoms. The molecule has 0 saturated heterocycles. The fourth-order valence-corrected chi connectivity index (χ4v) is 4.56. The van der Waals surface area contributed by atoms with Crippen molar-refractivity contribution in [1.82, 2.24) is 15.0 Å². The Hall–Kier alpha value is -3.54. The highest BCUT2D eigenvalue weighted by Crippen LogP contribution is 2.41. The van der Waals surface area contributed by atoms with E-state index in [1.807, 2.05) is 44.1 Å². The van der Waals surface area contributed by atoms with E-state index < -0.39 is 10.0 Å². The summed E-state index contributed by atoms with van der Waals surface area (Å²) in [7, 11) is -0.0768. The van der Waals surface area contributed by atoms with Gasteiger partial charge < -0.3 is 15.0 Å². The standard InChI is InChI=1S/C22H22N6O3S2/c1-14-7-6-9-17(25-14)20-21(32-22(27-20)28(2)3)31-15-11-12-24-19(13-15)26-16-8-4-5-10-18(16)33(23,29)30/h4-13H,1-3H3,(H,24,26)(H2,23,29,30). The van der Waals surface area contributed by atoms with Crippen molar-refractivity contribution >= 4 is 38.0 Å². The monoisotopic (exact) mass is 482 g/mol. The van der Waals surface area contributed by atoms with Crippen LogP contribution in [0, 0.1) is 6.92 Å². The van der Waals surface area contributed by atoms with Gasteiger partial charge >= 0.3 is 0 Å². The second-order valence-electron chi connectivity index (χ2n) is 7.34. The Bertz CT molecular complexity index is 1400. The van der Waals surface area contributed by atoms with Gasteiger partial charge in [0.15, 0.2) is 5.13 Å². The molecule has 9 nitrogen and oxygen atoms in total. The van der Waals surface area contributed by atoms with Gasteiger partial charge in [0.05, 0.1) is 11.4 Å². The SMILES string of the molecule is Cc1cccc(-c2nc(N(C)C)sc2Oc2ccnc(Nc3ccccc3S(N)(=O)=O)c2)n1. The minimum absolute atomic E-state index is 0.0241. The number of hydrogen-bond donors (Lipinski definition) is 2. The van der Waals surface area contributed by atoms with Gasteiger partial charge in [-0.3, -0.25) is 4.98 Å². The predicted molar refractivity (Wildman–Crippen MR) is 130 cm³/mol. The summed E-state index contributed by atoms with van der Waals surface area (Å²) in [5, 5.41) is 9.68. The van der Waals surface area contributed by atoms with E-state index >= 15 is 0 Å². The second kappa shape index (κ2) is 9.14. The van der Waals surface area contributed by atoms with Crippen LogP contribution in [0.5, 0.6) is 10.8 Å². The largest absolute Gasteiger partial charge is 0.444 e. The van der Waals surface area contributed by atoms with Crippen molar-refractivity contribution in [3.8, 4) is 22.2 Å². The molecule has 0 saturated carbocycles. The number of aryl methyl sites for hydroxylation is 1. The number of thiazole rings is 1. The highest BCUT2D eigenvalue weighted by Gasteiger charge is 2.19. The summed E-state index contributed by atoms with van der Waals surface area (Å²) in [6.45, 7) is 1.92. The topological polar surface area (TPSA) is 123 Å². The van der Waals surface area contributed by atoms with Gasteiger partial charge in [0.25, 0.3) is 0 Å². The Kier molecular flexibility index (Phi) is 6.27. The molecule has 3 N–H and O–H groups in total. The Morgan fingerprint density at radius 1 is 1.06 bits per heavy atom. The van der Waals surface area contributed by atoms with Crippen molar-refractivity contribution in [2.45, 2.75) is 11.8 Å². The highest BCUT2D eigenvalue weighted by atomic mass is 32.2. The van der Waals surface area contributed by atoms with Crippen molar-refractivity contribution in [2.75, 3.05) is 24.3 Å². The smallest absolute Gasteiger partial charge is 0.240 e. The van der Waals surface area contributed by atoms with Crippen LogP contribution in [-0.4, -0.2) is 37.5 Å². The molecule has 4 aromatic rings. The molecule has 0 aliphatic rings. The first kappa shape index (κ1) is 22.6. The van der Waals surface area contributed by atoms with Crippen molar-refractivity contribution in [3.05, 3.63) is 66.5 Å². The van der Waals surface area contributed by atoms with Crippen LogP contribution in [0.25, 0.3) is 11.4 Å². The van der Waals surface area contributed by atoms with Crippen LogP contribution >= 0.6 is 11.3 Å². The number of rotatable bonds is 7. The van der Waals surface area contributed by atoms with E-state index in [1.165, 1.54) is 17.4 Å². The van der Waals surface area contributed by atoms with Gasteiger partial charge in [0.1, 0.15) is 22.2 Å². The molecule has 0 unspecified atom stereocenters. The minimum Gasteiger partial charge on any atom is -0.444 e. The van der Waals surface area contributed by atoms with E-state index in [0.717, 1.165) is 10.8 Å². The normalized spacial score (nSPS) is 11.3. The molecule has 0 spiro atoms. The zero-order chi connectivity index (χ0) is 23.6. The van der Waals surface area contributed by atoms with Gasteiger partial charge in [0, 0.05) is 32.1 Å². The Morgan fingerprint density at radius 2 is 1.85 bits per heavy atom. The van der Waals surface area contributed by atoms with E-state index in [2.05, 4.69) is 15.3 Å². The molecule has 3 aromatic heterocycles. The van der Waals surface area contributed by atoms with E-state index in [9.17, 15) is 8.42 Å². The summed E-state index contributed by atoms with van der Waals surface area (Å²) in [4.78, 5) is 15.4. The molecule has 0 atom stereocenters. The minimum atomic E-state index is -3.90. The molecule has 33 heavy (non-hydrogen) atoms. The van der Waals surface area contributed by atoms with E-state index in [-0.39, 0.29) is 4.90 Å². The number of primary sulfonamides is 1. The molecule has 4 rings (SSSR count). The third-order valence-corrected chi connectivity index (χ3v) is 6.57. The van der Waals surface area contributed by atoms with Crippen LogP contribution in [-0.2, 0) is 10.0 Å². The van der Waals surface area contributed by atoms with Crippen LogP contribution < -0.4 is 20.1 Å². The van der Waals surface area contributed by atoms with E-state index in [0.29, 0.717) is 33.7 Å². The average molecular weight is 483 g/mol. The molecule has 170 valence electrons.